The van der Waals surface area contributed by atoms with Crippen LogP contribution in [0.15, 0.2) is 35.1 Å². The number of carbonyl (C=O) groups excluding carboxylic acids is 1. The monoisotopic (exact) mass is 413 g/mol. The molecule has 1 aromatic carbocycles. The molecule has 1 amide bonds. The fourth-order valence-electron chi connectivity index (χ4n) is 3.33. The SMILES string of the molecule is CC(C)n1cnnc1SCC(=O)Nc1nc(-c2ccc3c(c2)CCCC3)cs1. The summed E-state index contributed by atoms with van der Waals surface area (Å²) in [6, 6.07) is 6.88. The molecule has 1 aliphatic rings. The van der Waals surface area contributed by atoms with Crippen LogP contribution < -0.4 is 5.32 Å². The number of thioether (sulfide) groups is 1. The summed E-state index contributed by atoms with van der Waals surface area (Å²) in [5, 5.41) is 14.3. The highest BCUT2D eigenvalue weighted by atomic mass is 32.2. The molecule has 8 heteroatoms. The standard InChI is InChI=1S/C20H23N5OS2/c1-13(2)25-12-21-24-20(25)28-11-18(26)23-19-22-17(10-27-19)16-8-7-14-5-3-4-6-15(14)9-16/h7-10,12-13H,3-6,11H2,1-2H3,(H,22,23,26). The Hall–Kier alpha value is -2.19. The molecule has 0 radical (unpaired) electrons. The van der Waals surface area contributed by atoms with Crippen molar-refractivity contribution in [3.63, 3.8) is 0 Å². The summed E-state index contributed by atoms with van der Waals surface area (Å²) in [6.07, 6.45) is 6.56. The molecule has 0 spiro atoms. The Morgan fingerprint density at radius 1 is 1.29 bits per heavy atom. The molecule has 2 aromatic heterocycles. The quantitative estimate of drug-likeness (QED) is 0.598. The predicted molar refractivity (Wildman–Crippen MR) is 114 cm³/mol. The summed E-state index contributed by atoms with van der Waals surface area (Å²) >= 11 is 2.84. The number of aryl methyl sites for hydroxylation is 2. The maximum Gasteiger partial charge on any atom is 0.236 e. The maximum absolute atomic E-state index is 12.3. The molecule has 0 unspecified atom stereocenters. The zero-order valence-electron chi connectivity index (χ0n) is 16.0. The molecule has 28 heavy (non-hydrogen) atoms. The number of anilines is 1. The fourth-order valence-corrected chi connectivity index (χ4v) is 4.91. The number of fused-ring (bicyclic) bond motifs is 1. The van der Waals surface area contributed by atoms with Crippen molar-refractivity contribution in [2.75, 3.05) is 11.1 Å². The number of hydrogen-bond donors (Lipinski definition) is 1. The molecule has 0 saturated heterocycles. The molecule has 2 heterocycles. The molecule has 0 saturated carbocycles. The molecule has 6 nitrogen and oxygen atoms in total. The van der Waals surface area contributed by atoms with E-state index in [4.69, 9.17) is 0 Å². The van der Waals surface area contributed by atoms with Crippen LogP contribution in [0.25, 0.3) is 11.3 Å². The van der Waals surface area contributed by atoms with E-state index in [9.17, 15) is 4.79 Å². The lowest BCUT2D eigenvalue weighted by Gasteiger charge is -2.16. The summed E-state index contributed by atoms with van der Waals surface area (Å²) in [5.41, 5.74) is 4.94. The summed E-state index contributed by atoms with van der Waals surface area (Å²) in [7, 11) is 0. The van der Waals surface area contributed by atoms with E-state index in [0.29, 0.717) is 5.13 Å². The van der Waals surface area contributed by atoms with Gasteiger partial charge in [-0.2, -0.15) is 0 Å². The fraction of sp³-hybridized carbons (Fsp3) is 0.400. The Labute approximate surface area is 172 Å². The van der Waals surface area contributed by atoms with E-state index in [-0.39, 0.29) is 17.7 Å². The van der Waals surface area contributed by atoms with Gasteiger partial charge in [-0.3, -0.25) is 4.79 Å². The lowest BCUT2D eigenvalue weighted by molar-refractivity contribution is -0.113. The van der Waals surface area contributed by atoms with Gasteiger partial charge in [0.1, 0.15) is 6.33 Å². The lowest BCUT2D eigenvalue weighted by atomic mass is 9.90. The second-order valence-electron chi connectivity index (χ2n) is 7.18. The number of hydrogen-bond acceptors (Lipinski definition) is 6. The van der Waals surface area contributed by atoms with Gasteiger partial charge in [-0.1, -0.05) is 23.9 Å². The predicted octanol–water partition coefficient (Wildman–Crippen LogP) is 4.59. The largest absolute Gasteiger partial charge is 0.306 e. The van der Waals surface area contributed by atoms with Crippen molar-refractivity contribution in [3.8, 4) is 11.3 Å². The highest BCUT2D eigenvalue weighted by Crippen LogP contribution is 2.29. The molecule has 3 aromatic rings. The molecule has 4 rings (SSSR count). The number of carbonyl (C=O) groups is 1. The number of nitrogens with zero attached hydrogens (tertiary/aromatic N) is 4. The van der Waals surface area contributed by atoms with Gasteiger partial charge in [0.15, 0.2) is 10.3 Å². The zero-order chi connectivity index (χ0) is 19.5. The minimum absolute atomic E-state index is 0.0883. The van der Waals surface area contributed by atoms with Crippen LogP contribution in [0, 0.1) is 0 Å². The highest BCUT2D eigenvalue weighted by molar-refractivity contribution is 7.99. The first-order valence-electron chi connectivity index (χ1n) is 9.50. The van der Waals surface area contributed by atoms with Gasteiger partial charge in [-0.25, -0.2) is 4.98 Å². The molecule has 146 valence electrons. The average molecular weight is 414 g/mol. The first-order valence-corrected chi connectivity index (χ1v) is 11.4. The van der Waals surface area contributed by atoms with Crippen LogP contribution in [0.3, 0.4) is 0 Å². The van der Waals surface area contributed by atoms with Crippen molar-refractivity contribution in [2.24, 2.45) is 0 Å². The highest BCUT2D eigenvalue weighted by Gasteiger charge is 2.14. The van der Waals surface area contributed by atoms with Crippen molar-refractivity contribution >= 4 is 34.1 Å². The zero-order valence-corrected chi connectivity index (χ0v) is 17.6. The molecular weight excluding hydrogens is 390 g/mol. The van der Waals surface area contributed by atoms with Gasteiger partial charge in [0, 0.05) is 17.0 Å². The van der Waals surface area contributed by atoms with Gasteiger partial charge in [0.05, 0.1) is 11.4 Å². The molecule has 0 aliphatic heterocycles. The minimum atomic E-state index is -0.0883. The van der Waals surface area contributed by atoms with Crippen LogP contribution in [0.1, 0.15) is 43.9 Å². The van der Waals surface area contributed by atoms with E-state index in [1.54, 1.807) is 6.33 Å². The molecular formula is C20H23N5OS2. The summed E-state index contributed by atoms with van der Waals surface area (Å²) in [6.45, 7) is 4.12. The molecule has 0 fully saturated rings. The van der Waals surface area contributed by atoms with Crippen LogP contribution in [-0.2, 0) is 17.6 Å². The Balaban J connectivity index is 1.38. The van der Waals surface area contributed by atoms with Crippen LogP contribution in [-0.4, -0.2) is 31.4 Å². The van der Waals surface area contributed by atoms with E-state index in [0.717, 1.165) is 22.8 Å². The van der Waals surface area contributed by atoms with Crippen molar-refractivity contribution in [1.82, 2.24) is 19.7 Å². The number of amides is 1. The third kappa shape index (κ3) is 4.28. The van der Waals surface area contributed by atoms with Crippen molar-refractivity contribution in [2.45, 2.75) is 50.7 Å². The van der Waals surface area contributed by atoms with Crippen LogP contribution in [0.5, 0.6) is 0 Å². The Morgan fingerprint density at radius 2 is 2.11 bits per heavy atom. The smallest absolute Gasteiger partial charge is 0.236 e. The Bertz CT molecular complexity index is 979. The normalized spacial score (nSPS) is 13.5. The summed E-state index contributed by atoms with van der Waals surface area (Å²) in [5.74, 6) is 0.189. The lowest BCUT2D eigenvalue weighted by Crippen LogP contribution is -2.14. The van der Waals surface area contributed by atoms with Gasteiger partial charge in [0.2, 0.25) is 5.91 Å². The Kier molecular flexibility index (Phi) is 5.77. The molecule has 1 N–H and O–H groups in total. The Morgan fingerprint density at radius 3 is 2.93 bits per heavy atom. The second kappa shape index (κ2) is 8.45. The number of nitrogens with one attached hydrogen (secondary N) is 1. The van der Waals surface area contributed by atoms with Crippen molar-refractivity contribution in [1.29, 1.82) is 0 Å². The van der Waals surface area contributed by atoms with E-state index in [2.05, 4.69) is 52.5 Å². The van der Waals surface area contributed by atoms with Crippen molar-refractivity contribution in [3.05, 3.63) is 41.0 Å². The topological polar surface area (TPSA) is 72.7 Å². The number of benzene rings is 1. The third-order valence-electron chi connectivity index (χ3n) is 4.82. The van der Waals surface area contributed by atoms with Gasteiger partial charge in [-0.15, -0.1) is 21.5 Å². The maximum atomic E-state index is 12.3. The van der Waals surface area contributed by atoms with E-state index in [1.807, 2.05) is 9.95 Å². The number of aromatic nitrogens is 4. The first-order chi connectivity index (χ1) is 13.6. The second-order valence-corrected chi connectivity index (χ2v) is 8.98. The molecule has 0 bridgehead atoms. The molecule has 0 atom stereocenters. The first kappa shape index (κ1) is 19.1. The van der Waals surface area contributed by atoms with Gasteiger partial charge in [-0.05, 0) is 56.7 Å². The average Bonchev–Trinajstić information content (AvgIpc) is 3.35. The van der Waals surface area contributed by atoms with Crippen LogP contribution in [0.2, 0.25) is 0 Å². The summed E-state index contributed by atoms with van der Waals surface area (Å²) < 4.78 is 1.95. The van der Waals surface area contributed by atoms with E-state index < -0.39 is 0 Å². The van der Waals surface area contributed by atoms with Crippen LogP contribution >= 0.6 is 23.1 Å². The van der Waals surface area contributed by atoms with Gasteiger partial charge >= 0.3 is 0 Å². The molecule has 1 aliphatic carbocycles. The third-order valence-corrected chi connectivity index (χ3v) is 6.54. The van der Waals surface area contributed by atoms with Gasteiger partial charge in [0.25, 0.3) is 0 Å². The van der Waals surface area contributed by atoms with Crippen molar-refractivity contribution < 1.29 is 4.79 Å². The summed E-state index contributed by atoms with van der Waals surface area (Å²) in [4.78, 5) is 16.9. The van der Waals surface area contributed by atoms with E-state index >= 15 is 0 Å². The van der Waals surface area contributed by atoms with E-state index in [1.165, 1.54) is 53.5 Å². The number of rotatable bonds is 6. The number of thiazole rings is 1. The van der Waals surface area contributed by atoms with Gasteiger partial charge < -0.3 is 9.88 Å². The van der Waals surface area contributed by atoms with Crippen LogP contribution in [0.4, 0.5) is 5.13 Å². The minimum Gasteiger partial charge on any atom is -0.306 e.